The fraction of sp³-hybridized carbons (Fsp3) is 0.700. The summed E-state index contributed by atoms with van der Waals surface area (Å²) in [6.45, 7) is 4.44. The molecule has 0 radical (unpaired) electrons. The Morgan fingerprint density at radius 1 is 0.810 bits per heavy atom. The molecule has 0 spiro atoms. The molecule has 1 aromatic carbocycles. The van der Waals surface area contributed by atoms with Crippen LogP contribution in [0.3, 0.4) is 0 Å². The first-order valence-corrected chi connectivity index (χ1v) is 8.98. The maximum absolute atomic E-state index is 10.3. The monoisotopic (exact) mass is 290 g/mol. The maximum atomic E-state index is 10.3. The molecule has 1 N–H and O–H groups in total. The molecule has 0 fully saturated rings. The smallest absolute Gasteiger partial charge is 0.0815 e. The van der Waals surface area contributed by atoms with Gasteiger partial charge >= 0.3 is 0 Å². The van der Waals surface area contributed by atoms with Crippen molar-refractivity contribution in [3.05, 3.63) is 35.9 Å². The minimum Gasteiger partial charge on any atom is -0.388 e. The minimum absolute atomic E-state index is 0.305. The van der Waals surface area contributed by atoms with Crippen LogP contribution in [0.25, 0.3) is 0 Å². The number of aliphatic hydroxyl groups is 1. The lowest BCUT2D eigenvalue weighted by atomic mass is 9.92. The van der Waals surface area contributed by atoms with Gasteiger partial charge in [0.1, 0.15) is 0 Å². The number of hydrogen-bond acceptors (Lipinski definition) is 1. The van der Waals surface area contributed by atoms with Crippen LogP contribution in [-0.4, -0.2) is 5.11 Å². The van der Waals surface area contributed by atoms with Crippen molar-refractivity contribution in [2.45, 2.75) is 84.2 Å². The quantitative estimate of drug-likeness (QED) is 0.449. The Labute approximate surface area is 131 Å². The summed E-state index contributed by atoms with van der Waals surface area (Å²) in [7, 11) is 0. The minimum atomic E-state index is -0.305. The van der Waals surface area contributed by atoms with Gasteiger partial charge in [-0.3, -0.25) is 0 Å². The van der Waals surface area contributed by atoms with Crippen molar-refractivity contribution in [2.75, 3.05) is 0 Å². The number of hydrogen-bond donors (Lipinski definition) is 1. The third-order valence-corrected chi connectivity index (χ3v) is 4.44. The van der Waals surface area contributed by atoms with E-state index in [0.717, 1.165) is 12.0 Å². The van der Waals surface area contributed by atoms with Crippen LogP contribution in [0.5, 0.6) is 0 Å². The van der Waals surface area contributed by atoms with Gasteiger partial charge in [-0.05, 0) is 17.9 Å². The van der Waals surface area contributed by atoms with E-state index in [4.69, 9.17) is 0 Å². The third kappa shape index (κ3) is 8.26. The first-order valence-electron chi connectivity index (χ1n) is 8.98. The van der Waals surface area contributed by atoms with Gasteiger partial charge in [0.15, 0.2) is 0 Å². The summed E-state index contributed by atoms with van der Waals surface area (Å²) < 4.78 is 0. The number of rotatable bonds is 12. The molecule has 120 valence electrons. The zero-order valence-electron chi connectivity index (χ0n) is 14.1. The van der Waals surface area contributed by atoms with Crippen LogP contribution in [-0.2, 0) is 0 Å². The highest BCUT2D eigenvalue weighted by Gasteiger charge is 2.15. The molecular weight excluding hydrogens is 256 g/mol. The molecule has 1 heteroatoms. The third-order valence-electron chi connectivity index (χ3n) is 4.44. The van der Waals surface area contributed by atoms with Crippen LogP contribution in [0.4, 0.5) is 0 Å². The van der Waals surface area contributed by atoms with Crippen molar-refractivity contribution in [1.29, 1.82) is 0 Å². The molecule has 0 aliphatic heterocycles. The summed E-state index contributed by atoms with van der Waals surface area (Å²) in [5.74, 6) is 0.358. The second-order valence-electron chi connectivity index (χ2n) is 6.45. The SMILES string of the molecule is CCCCCCCCCCCC(C)C(O)c1ccccc1. The normalized spacial score (nSPS) is 14.0. The number of unbranched alkanes of at least 4 members (excludes halogenated alkanes) is 8. The Balaban J connectivity index is 2.02. The summed E-state index contributed by atoms with van der Waals surface area (Å²) in [4.78, 5) is 0. The van der Waals surface area contributed by atoms with Gasteiger partial charge in [-0.15, -0.1) is 0 Å². The molecule has 2 atom stereocenters. The van der Waals surface area contributed by atoms with Crippen molar-refractivity contribution >= 4 is 0 Å². The van der Waals surface area contributed by atoms with Crippen LogP contribution in [0.1, 0.15) is 89.7 Å². The number of benzene rings is 1. The Kier molecular flexibility index (Phi) is 10.2. The lowest BCUT2D eigenvalue weighted by Crippen LogP contribution is -2.09. The summed E-state index contributed by atoms with van der Waals surface area (Å²) in [6.07, 6.45) is 13.1. The second kappa shape index (κ2) is 11.8. The van der Waals surface area contributed by atoms with Crippen LogP contribution in [0.2, 0.25) is 0 Å². The molecule has 0 saturated carbocycles. The predicted octanol–water partition coefficient (Wildman–Crippen LogP) is 6.28. The van der Waals surface area contributed by atoms with E-state index in [0.29, 0.717) is 5.92 Å². The molecule has 21 heavy (non-hydrogen) atoms. The Hall–Kier alpha value is -0.820. The molecule has 0 amide bonds. The van der Waals surface area contributed by atoms with E-state index in [9.17, 15) is 5.11 Å². The van der Waals surface area contributed by atoms with E-state index in [1.165, 1.54) is 57.8 Å². The lowest BCUT2D eigenvalue weighted by Gasteiger charge is -2.19. The van der Waals surface area contributed by atoms with Crippen LogP contribution >= 0.6 is 0 Å². The van der Waals surface area contributed by atoms with Crippen molar-refractivity contribution in [3.8, 4) is 0 Å². The summed E-state index contributed by atoms with van der Waals surface area (Å²) >= 11 is 0. The zero-order chi connectivity index (χ0) is 15.3. The average molecular weight is 290 g/mol. The second-order valence-corrected chi connectivity index (χ2v) is 6.45. The predicted molar refractivity (Wildman–Crippen MR) is 92.4 cm³/mol. The van der Waals surface area contributed by atoms with Gasteiger partial charge in [0.25, 0.3) is 0 Å². The molecule has 0 aliphatic rings. The van der Waals surface area contributed by atoms with Gasteiger partial charge in [0.2, 0.25) is 0 Å². The molecular formula is C20H34O. The Morgan fingerprint density at radius 2 is 1.33 bits per heavy atom. The van der Waals surface area contributed by atoms with Crippen LogP contribution in [0, 0.1) is 5.92 Å². The Morgan fingerprint density at radius 3 is 1.90 bits per heavy atom. The van der Waals surface area contributed by atoms with E-state index >= 15 is 0 Å². The van der Waals surface area contributed by atoms with Crippen molar-refractivity contribution in [3.63, 3.8) is 0 Å². The first-order chi connectivity index (χ1) is 10.3. The lowest BCUT2D eigenvalue weighted by molar-refractivity contribution is 0.111. The average Bonchev–Trinajstić information content (AvgIpc) is 2.53. The zero-order valence-corrected chi connectivity index (χ0v) is 14.1. The first kappa shape index (κ1) is 18.2. The highest BCUT2D eigenvalue weighted by atomic mass is 16.3. The van der Waals surface area contributed by atoms with Gasteiger partial charge in [-0.2, -0.15) is 0 Å². The highest BCUT2D eigenvalue weighted by Crippen LogP contribution is 2.26. The van der Waals surface area contributed by atoms with Crippen LogP contribution < -0.4 is 0 Å². The van der Waals surface area contributed by atoms with Gasteiger partial charge < -0.3 is 5.11 Å². The molecule has 0 aromatic heterocycles. The fourth-order valence-electron chi connectivity index (χ4n) is 2.91. The maximum Gasteiger partial charge on any atom is 0.0815 e. The molecule has 0 bridgehead atoms. The topological polar surface area (TPSA) is 20.2 Å². The molecule has 1 rings (SSSR count). The van der Waals surface area contributed by atoms with Crippen molar-refractivity contribution < 1.29 is 5.11 Å². The van der Waals surface area contributed by atoms with Gasteiger partial charge in [-0.25, -0.2) is 0 Å². The van der Waals surface area contributed by atoms with E-state index < -0.39 is 0 Å². The standard InChI is InChI=1S/C20H34O/c1-3-4-5-6-7-8-9-10-12-15-18(2)20(21)19-16-13-11-14-17-19/h11,13-14,16-18,20-21H,3-10,12,15H2,1-2H3. The van der Waals surface area contributed by atoms with Crippen molar-refractivity contribution in [1.82, 2.24) is 0 Å². The largest absolute Gasteiger partial charge is 0.388 e. The van der Waals surface area contributed by atoms with E-state index in [2.05, 4.69) is 13.8 Å². The highest BCUT2D eigenvalue weighted by molar-refractivity contribution is 5.17. The molecule has 2 unspecified atom stereocenters. The van der Waals surface area contributed by atoms with Crippen LogP contribution in [0.15, 0.2) is 30.3 Å². The number of aliphatic hydroxyl groups excluding tert-OH is 1. The van der Waals surface area contributed by atoms with E-state index in [-0.39, 0.29) is 6.10 Å². The molecule has 1 nitrogen and oxygen atoms in total. The molecule has 0 saturated heterocycles. The van der Waals surface area contributed by atoms with Gasteiger partial charge in [0.05, 0.1) is 6.10 Å². The molecule has 0 aliphatic carbocycles. The van der Waals surface area contributed by atoms with E-state index in [1.54, 1.807) is 0 Å². The van der Waals surface area contributed by atoms with E-state index in [1.807, 2.05) is 30.3 Å². The molecule has 1 aromatic rings. The van der Waals surface area contributed by atoms with Crippen molar-refractivity contribution in [2.24, 2.45) is 5.92 Å². The van der Waals surface area contributed by atoms with Gasteiger partial charge in [-0.1, -0.05) is 102 Å². The summed E-state index contributed by atoms with van der Waals surface area (Å²) in [6, 6.07) is 10.1. The summed E-state index contributed by atoms with van der Waals surface area (Å²) in [5.41, 5.74) is 1.06. The van der Waals surface area contributed by atoms with Gasteiger partial charge in [0, 0.05) is 0 Å². The summed E-state index contributed by atoms with van der Waals surface area (Å²) in [5, 5.41) is 10.3. The fourth-order valence-corrected chi connectivity index (χ4v) is 2.91. The Bertz CT molecular complexity index is 333. The molecule has 0 heterocycles.